The Morgan fingerprint density at radius 2 is 2.06 bits per heavy atom. The summed E-state index contributed by atoms with van der Waals surface area (Å²) in [5.41, 5.74) is 2.69. The quantitative estimate of drug-likeness (QED) is 0.841. The summed E-state index contributed by atoms with van der Waals surface area (Å²) in [6, 6.07) is 7.39. The average Bonchev–Trinajstić information content (AvgIpc) is 2.40. The van der Waals surface area contributed by atoms with Gasteiger partial charge in [0.05, 0.1) is 0 Å². The predicted molar refractivity (Wildman–Crippen MR) is 81.8 cm³/mol. The molecule has 0 aliphatic heterocycles. The summed E-state index contributed by atoms with van der Waals surface area (Å²) in [5, 5.41) is 3.76. The van der Waals surface area contributed by atoms with Gasteiger partial charge in [-0.2, -0.15) is 0 Å². The highest BCUT2D eigenvalue weighted by molar-refractivity contribution is 9.10. The summed E-state index contributed by atoms with van der Waals surface area (Å²) in [4.78, 5) is 0. The zero-order valence-electron chi connectivity index (χ0n) is 11.5. The van der Waals surface area contributed by atoms with Crippen molar-refractivity contribution < 1.29 is 0 Å². The van der Waals surface area contributed by atoms with E-state index in [4.69, 9.17) is 0 Å². The third kappa shape index (κ3) is 3.58. The average molecular weight is 310 g/mol. The number of hydrogen-bond donors (Lipinski definition) is 1. The maximum Gasteiger partial charge on any atom is 0.0208 e. The van der Waals surface area contributed by atoms with Gasteiger partial charge in [0.25, 0.3) is 0 Å². The van der Waals surface area contributed by atoms with E-state index in [1.54, 1.807) is 0 Å². The van der Waals surface area contributed by atoms with Crippen LogP contribution in [0.4, 0.5) is 0 Å². The Hall–Kier alpha value is -0.340. The fourth-order valence-electron chi connectivity index (χ4n) is 2.96. The Bertz CT molecular complexity index is 389. The van der Waals surface area contributed by atoms with E-state index in [1.165, 1.54) is 47.7 Å². The first-order chi connectivity index (χ1) is 8.70. The lowest BCUT2D eigenvalue weighted by atomic mass is 9.83. The minimum Gasteiger partial charge on any atom is -0.310 e. The minimum atomic E-state index is 0.726. The zero-order valence-corrected chi connectivity index (χ0v) is 13.1. The monoisotopic (exact) mass is 309 g/mol. The second-order valence-electron chi connectivity index (χ2n) is 5.52. The van der Waals surface area contributed by atoms with E-state index in [0.717, 1.165) is 18.5 Å². The first kappa shape index (κ1) is 14.1. The second-order valence-corrected chi connectivity index (χ2v) is 6.38. The Labute approximate surface area is 119 Å². The highest BCUT2D eigenvalue weighted by Gasteiger charge is 2.22. The van der Waals surface area contributed by atoms with Gasteiger partial charge in [0.2, 0.25) is 0 Å². The van der Waals surface area contributed by atoms with E-state index in [9.17, 15) is 0 Å². The largest absolute Gasteiger partial charge is 0.310 e. The van der Waals surface area contributed by atoms with Crippen LogP contribution < -0.4 is 5.32 Å². The van der Waals surface area contributed by atoms with E-state index < -0.39 is 0 Å². The third-order valence-electron chi connectivity index (χ3n) is 4.24. The molecular formula is C16H24BrN. The fraction of sp³-hybridized carbons (Fsp3) is 0.625. The molecule has 1 aliphatic rings. The maximum atomic E-state index is 3.76. The third-order valence-corrected chi connectivity index (χ3v) is 5.09. The first-order valence-electron chi connectivity index (χ1n) is 7.19. The van der Waals surface area contributed by atoms with Crippen LogP contribution in [0.15, 0.2) is 22.7 Å². The van der Waals surface area contributed by atoms with Crippen molar-refractivity contribution in [3.8, 4) is 0 Å². The topological polar surface area (TPSA) is 12.0 Å². The molecule has 2 rings (SSSR count). The van der Waals surface area contributed by atoms with Gasteiger partial charge in [-0.05, 0) is 42.9 Å². The number of halogens is 1. The van der Waals surface area contributed by atoms with Crippen LogP contribution in [0, 0.1) is 12.8 Å². The molecule has 2 atom stereocenters. The minimum absolute atomic E-state index is 0.726. The lowest BCUT2D eigenvalue weighted by Gasteiger charge is -2.31. The Morgan fingerprint density at radius 3 is 2.78 bits per heavy atom. The van der Waals surface area contributed by atoms with Crippen molar-refractivity contribution in [3.63, 3.8) is 0 Å². The van der Waals surface area contributed by atoms with Crippen molar-refractivity contribution in [2.75, 3.05) is 0 Å². The molecule has 0 saturated heterocycles. The normalized spacial score (nSPS) is 24.2. The maximum absolute atomic E-state index is 3.76. The molecule has 0 spiro atoms. The van der Waals surface area contributed by atoms with Crippen molar-refractivity contribution in [2.24, 2.45) is 5.92 Å². The smallest absolute Gasteiger partial charge is 0.0208 e. The van der Waals surface area contributed by atoms with Gasteiger partial charge in [-0.3, -0.25) is 0 Å². The molecule has 18 heavy (non-hydrogen) atoms. The van der Waals surface area contributed by atoms with E-state index in [2.05, 4.69) is 53.3 Å². The standard InChI is InChI=1S/C16H24BrN/c1-3-14-6-4-5-7-16(14)18-11-13-9-8-12(2)15(17)10-13/h8-10,14,16,18H,3-7,11H2,1-2H3. The van der Waals surface area contributed by atoms with Gasteiger partial charge in [-0.15, -0.1) is 0 Å². The van der Waals surface area contributed by atoms with Crippen molar-refractivity contribution in [1.29, 1.82) is 0 Å². The Morgan fingerprint density at radius 1 is 1.28 bits per heavy atom. The van der Waals surface area contributed by atoms with Crippen molar-refractivity contribution >= 4 is 15.9 Å². The molecule has 0 heterocycles. The highest BCUT2D eigenvalue weighted by Crippen LogP contribution is 2.27. The molecule has 0 radical (unpaired) electrons. The second kappa shape index (κ2) is 6.72. The molecule has 1 aromatic rings. The van der Waals surface area contributed by atoms with Crippen LogP contribution in [-0.2, 0) is 6.54 Å². The molecule has 2 heteroatoms. The van der Waals surface area contributed by atoms with E-state index in [0.29, 0.717) is 0 Å². The van der Waals surface area contributed by atoms with Gasteiger partial charge in [0, 0.05) is 17.1 Å². The van der Waals surface area contributed by atoms with Gasteiger partial charge in [0.1, 0.15) is 0 Å². The SMILES string of the molecule is CCC1CCCCC1NCc1ccc(C)c(Br)c1. The van der Waals surface area contributed by atoms with Gasteiger partial charge < -0.3 is 5.32 Å². The molecule has 1 nitrogen and oxygen atoms in total. The molecule has 2 unspecified atom stereocenters. The first-order valence-corrected chi connectivity index (χ1v) is 7.98. The molecule has 0 aromatic heterocycles. The number of nitrogens with one attached hydrogen (secondary N) is 1. The van der Waals surface area contributed by atoms with Crippen molar-refractivity contribution in [1.82, 2.24) is 5.32 Å². The Kier molecular flexibility index (Phi) is 5.25. The molecule has 0 bridgehead atoms. The predicted octanol–water partition coefficient (Wildman–Crippen LogP) is 4.82. The van der Waals surface area contributed by atoms with Crippen LogP contribution in [0.3, 0.4) is 0 Å². The van der Waals surface area contributed by atoms with Gasteiger partial charge in [-0.1, -0.05) is 54.2 Å². The van der Waals surface area contributed by atoms with Crippen LogP contribution in [0.2, 0.25) is 0 Å². The zero-order chi connectivity index (χ0) is 13.0. The van der Waals surface area contributed by atoms with Crippen LogP contribution in [0.1, 0.15) is 50.2 Å². The van der Waals surface area contributed by atoms with Crippen LogP contribution in [0.25, 0.3) is 0 Å². The summed E-state index contributed by atoms with van der Waals surface area (Å²) in [6.45, 7) is 5.46. The Balaban J connectivity index is 1.91. The van der Waals surface area contributed by atoms with E-state index in [-0.39, 0.29) is 0 Å². The lowest BCUT2D eigenvalue weighted by Crippen LogP contribution is -2.37. The highest BCUT2D eigenvalue weighted by atomic mass is 79.9. The molecule has 0 amide bonds. The molecule has 1 saturated carbocycles. The molecule has 1 fully saturated rings. The number of rotatable bonds is 4. The molecule has 1 N–H and O–H groups in total. The fourth-order valence-corrected chi connectivity index (χ4v) is 3.39. The molecule has 100 valence electrons. The number of benzene rings is 1. The van der Waals surface area contributed by atoms with Gasteiger partial charge >= 0.3 is 0 Å². The molecule has 1 aliphatic carbocycles. The summed E-state index contributed by atoms with van der Waals surface area (Å²) in [7, 11) is 0. The summed E-state index contributed by atoms with van der Waals surface area (Å²) >= 11 is 3.61. The summed E-state index contributed by atoms with van der Waals surface area (Å²) in [6.07, 6.45) is 6.89. The van der Waals surface area contributed by atoms with Crippen LogP contribution in [0.5, 0.6) is 0 Å². The van der Waals surface area contributed by atoms with E-state index in [1.807, 2.05) is 0 Å². The van der Waals surface area contributed by atoms with Crippen molar-refractivity contribution in [2.45, 2.75) is 58.5 Å². The summed E-state index contributed by atoms with van der Waals surface area (Å²) in [5.74, 6) is 0.882. The van der Waals surface area contributed by atoms with Crippen LogP contribution >= 0.6 is 15.9 Å². The number of aryl methyl sites for hydroxylation is 1. The van der Waals surface area contributed by atoms with Gasteiger partial charge in [-0.25, -0.2) is 0 Å². The van der Waals surface area contributed by atoms with E-state index >= 15 is 0 Å². The number of hydrogen-bond acceptors (Lipinski definition) is 1. The lowest BCUT2D eigenvalue weighted by molar-refractivity contribution is 0.254. The van der Waals surface area contributed by atoms with Crippen molar-refractivity contribution in [3.05, 3.63) is 33.8 Å². The molecular weight excluding hydrogens is 286 g/mol. The summed E-state index contributed by atoms with van der Waals surface area (Å²) < 4.78 is 1.22. The van der Waals surface area contributed by atoms with Gasteiger partial charge in [0.15, 0.2) is 0 Å². The molecule has 1 aromatic carbocycles. The van der Waals surface area contributed by atoms with Crippen LogP contribution in [-0.4, -0.2) is 6.04 Å².